The molecule has 1 aliphatic heterocycles. The smallest absolute Gasteiger partial charge is 0.279 e. The number of benzene rings is 1. The molecule has 0 saturated carbocycles. The third kappa shape index (κ3) is 5.65. The van der Waals surface area contributed by atoms with Gasteiger partial charge in [-0.15, -0.1) is 0 Å². The highest BCUT2D eigenvalue weighted by atomic mass is 32.2. The molecule has 0 radical (unpaired) electrons. The molecule has 2 N–H and O–H groups in total. The molecule has 7 nitrogen and oxygen atoms in total. The second-order valence-electron chi connectivity index (χ2n) is 6.48. The van der Waals surface area contributed by atoms with Crippen LogP contribution in [0.3, 0.4) is 0 Å². The molecule has 8 heteroatoms. The number of para-hydroxylation sites is 1. The van der Waals surface area contributed by atoms with Gasteiger partial charge in [0.1, 0.15) is 12.4 Å². The van der Waals surface area contributed by atoms with Crippen LogP contribution in [0, 0.1) is 0 Å². The van der Waals surface area contributed by atoms with Crippen molar-refractivity contribution in [1.82, 2.24) is 13.9 Å². The highest BCUT2D eigenvalue weighted by Gasteiger charge is 2.31. The van der Waals surface area contributed by atoms with Gasteiger partial charge in [-0.25, -0.2) is 0 Å². The normalized spacial score (nSPS) is 22.3. The number of aryl methyl sites for hydroxylation is 1. The fourth-order valence-corrected chi connectivity index (χ4v) is 3.72. The summed E-state index contributed by atoms with van der Waals surface area (Å²) in [6, 6.07) is 7.53. The maximum absolute atomic E-state index is 11.9. The van der Waals surface area contributed by atoms with Gasteiger partial charge in [-0.1, -0.05) is 25.1 Å². The summed E-state index contributed by atoms with van der Waals surface area (Å²) in [5.41, 5.74) is 1.18. The largest absolute Gasteiger partial charge is 0.492 e. The van der Waals surface area contributed by atoms with Crippen molar-refractivity contribution in [2.24, 2.45) is 0 Å². The topological polar surface area (TPSA) is 82.1 Å². The second-order valence-corrected chi connectivity index (χ2v) is 8.39. The number of hydrogen-bond acceptors (Lipinski definition) is 5. The first-order valence-electron chi connectivity index (χ1n) is 8.64. The fraction of sp³-hybridized carbons (Fsp3) is 0.647. The zero-order chi connectivity index (χ0) is 18.4. The van der Waals surface area contributed by atoms with Gasteiger partial charge in [-0.3, -0.25) is 4.90 Å². The van der Waals surface area contributed by atoms with E-state index in [-0.39, 0.29) is 0 Å². The van der Waals surface area contributed by atoms with Crippen molar-refractivity contribution in [2.75, 3.05) is 40.3 Å². The van der Waals surface area contributed by atoms with Crippen LogP contribution in [0.5, 0.6) is 5.75 Å². The summed E-state index contributed by atoms with van der Waals surface area (Å²) >= 11 is 0. The summed E-state index contributed by atoms with van der Waals surface area (Å²) < 4.78 is 33.3. The van der Waals surface area contributed by atoms with Crippen LogP contribution in [0.2, 0.25) is 0 Å². The standard InChI is InChI=1S/C17H29N3O4S/c1-4-14-7-5-6-8-17(14)24-12-11-20-10-9-15(16(21)13-20)18-25(22,23)19(2)3/h5-8,15-16,18,21H,4,9-13H2,1-3H3. The predicted octanol–water partition coefficient (Wildman–Crippen LogP) is 0.459. The molecule has 1 aliphatic rings. The number of nitrogens with one attached hydrogen (secondary N) is 1. The Bertz CT molecular complexity index is 651. The van der Waals surface area contributed by atoms with Gasteiger partial charge in [0.2, 0.25) is 0 Å². The SMILES string of the molecule is CCc1ccccc1OCCN1CCC(NS(=O)(=O)N(C)C)C(O)C1. The Morgan fingerprint density at radius 2 is 2.08 bits per heavy atom. The van der Waals surface area contributed by atoms with E-state index in [4.69, 9.17) is 4.74 Å². The van der Waals surface area contributed by atoms with Gasteiger partial charge in [-0.05, 0) is 31.0 Å². The van der Waals surface area contributed by atoms with Crippen LogP contribution >= 0.6 is 0 Å². The van der Waals surface area contributed by atoms with Crippen molar-refractivity contribution in [3.8, 4) is 5.75 Å². The number of β-amino-alcohol motifs (C(OH)–C–C–N with tert-alkyl or cyclic N) is 1. The third-order valence-corrected chi connectivity index (χ3v) is 6.03. The van der Waals surface area contributed by atoms with E-state index in [0.717, 1.165) is 23.0 Å². The zero-order valence-electron chi connectivity index (χ0n) is 15.2. The van der Waals surface area contributed by atoms with Crippen molar-refractivity contribution in [2.45, 2.75) is 31.9 Å². The van der Waals surface area contributed by atoms with Crippen molar-refractivity contribution in [3.05, 3.63) is 29.8 Å². The lowest BCUT2D eigenvalue weighted by atomic mass is 10.0. The van der Waals surface area contributed by atoms with Gasteiger partial charge >= 0.3 is 0 Å². The summed E-state index contributed by atoms with van der Waals surface area (Å²) in [6.45, 7) is 4.48. The van der Waals surface area contributed by atoms with E-state index in [1.165, 1.54) is 19.7 Å². The van der Waals surface area contributed by atoms with Gasteiger partial charge in [-0.2, -0.15) is 17.4 Å². The third-order valence-electron chi connectivity index (χ3n) is 4.47. The fourth-order valence-electron chi connectivity index (χ4n) is 2.86. The van der Waals surface area contributed by atoms with Crippen molar-refractivity contribution in [3.63, 3.8) is 0 Å². The molecular weight excluding hydrogens is 342 g/mol. The molecule has 2 atom stereocenters. The van der Waals surface area contributed by atoms with E-state index in [2.05, 4.69) is 22.6 Å². The maximum atomic E-state index is 11.9. The minimum atomic E-state index is -3.53. The lowest BCUT2D eigenvalue weighted by molar-refractivity contribution is 0.0418. The number of aliphatic hydroxyl groups is 1. The van der Waals surface area contributed by atoms with Crippen molar-refractivity contribution >= 4 is 10.2 Å². The number of likely N-dealkylation sites (tertiary alicyclic amines) is 1. The summed E-state index contributed by atoms with van der Waals surface area (Å²) in [7, 11) is -0.594. The molecule has 0 aromatic heterocycles. The van der Waals surface area contributed by atoms with E-state index in [9.17, 15) is 13.5 Å². The monoisotopic (exact) mass is 371 g/mol. The van der Waals surface area contributed by atoms with Crippen LogP contribution < -0.4 is 9.46 Å². The van der Waals surface area contributed by atoms with Gasteiger partial charge in [0, 0.05) is 27.2 Å². The van der Waals surface area contributed by atoms with E-state index in [1.807, 2.05) is 18.2 Å². The van der Waals surface area contributed by atoms with Gasteiger partial charge < -0.3 is 9.84 Å². The first kappa shape index (κ1) is 20.1. The molecule has 0 aliphatic carbocycles. The number of aliphatic hydroxyl groups excluding tert-OH is 1. The molecule has 1 fully saturated rings. The molecule has 142 valence electrons. The number of nitrogens with zero attached hydrogens (tertiary/aromatic N) is 2. The van der Waals surface area contributed by atoms with Crippen LogP contribution in [0.1, 0.15) is 18.9 Å². The van der Waals surface area contributed by atoms with Gasteiger partial charge in [0.15, 0.2) is 0 Å². The number of rotatable bonds is 8. The number of ether oxygens (including phenoxy) is 1. The molecule has 0 bridgehead atoms. The zero-order valence-corrected chi connectivity index (χ0v) is 16.0. The minimum Gasteiger partial charge on any atom is -0.492 e. The second kappa shape index (κ2) is 8.95. The molecule has 0 amide bonds. The van der Waals surface area contributed by atoms with Crippen molar-refractivity contribution in [1.29, 1.82) is 0 Å². The summed E-state index contributed by atoms with van der Waals surface area (Å²) in [4.78, 5) is 2.10. The average molecular weight is 372 g/mol. The van der Waals surface area contributed by atoms with Crippen LogP contribution in [-0.4, -0.2) is 75.2 Å². The Morgan fingerprint density at radius 1 is 1.36 bits per heavy atom. The van der Waals surface area contributed by atoms with Crippen molar-refractivity contribution < 1.29 is 18.3 Å². The highest BCUT2D eigenvalue weighted by Crippen LogP contribution is 2.18. The van der Waals surface area contributed by atoms with E-state index in [1.54, 1.807) is 0 Å². The average Bonchev–Trinajstić information content (AvgIpc) is 2.57. The molecule has 1 aromatic rings. The molecule has 1 saturated heterocycles. The van der Waals surface area contributed by atoms with E-state index >= 15 is 0 Å². The maximum Gasteiger partial charge on any atom is 0.279 e. The first-order chi connectivity index (χ1) is 11.8. The van der Waals surface area contributed by atoms with Crippen LogP contribution in [0.15, 0.2) is 24.3 Å². The summed E-state index contributed by atoms with van der Waals surface area (Å²) in [6.07, 6.45) is 0.762. The molecule has 25 heavy (non-hydrogen) atoms. The molecule has 0 spiro atoms. The van der Waals surface area contributed by atoms with Gasteiger partial charge in [0.25, 0.3) is 10.2 Å². The molecule has 1 heterocycles. The van der Waals surface area contributed by atoms with Crippen LogP contribution in [0.4, 0.5) is 0 Å². The van der Waals surface area contributed by atoms with Crippen LogP contribution in [0.25, 0.3) is 0 Å². The molecular formula is C17H29N3O4S. The Hall–Kier alpha value is -1.19. The lowest BCUT2D eigenvalue weighted by Gasteiger charge is -2.36. The minimum absolute atomic E-state index is 0.430. The first-order valence-corrected chi connectivity index (χ1v) is 10.1. The van der Waals surface area contributed by atoms with E-state index < -0.39 is 22.4 Å². The lowest BCUT2D eigenvalue weighted by Crippen LogP contribution is -2.56. The summed E-state index contributed by atoms with van der Waals surface area (Å²) in [5, 5.41) is 10.3. The number of piperidine rings is 1. The Morgan fingerprint density at radius 3 is 2.72 bits per heavy atom. The molecule has 1 aromatic carbocycles. The quantitative estimate of drug-likeness (QED) is 0.694. The Balaban J connectivity index is 1.79. The Kier molecular flexibility index (Phi) is 7.21. The summed E-state index contributed by atoms with van der Waals surface area (Å²) in [5.74, 6) is 0.902. The predicted molar refractivity (Wildman–Crippen MR) is 97.9 cm³/mol. The van der Waals surface area contributed by atoms with E-state index in [0.29, 0.717) is 26.1 Å². The van der Waals surface area contributed by atoms with Crippen LogP contribution in [-0.2, 0) is 16.6 Å². The number of hydrogen-bond donors (Lipinski definition) is 2. The van der Waals surface area contributed by atoms with Gasteiger partial charge in [0.05, 0.1) is 12.1 Å². The molecule has 2 rings (SSSR count). The highest BCUT2D eigenvalue weighted by molar-refractivity contribution is 7.87. The molecule has 2 unspecified atom stereocenters. The Labute approximate surface area is 150 Å².